The molecule has 134 valence electrons. The Hall–Kier alpha value is -0.390. The summed E-state index contributed by atoms with van der Waals surface area (Å²) in [6.07, 6.45) is -4.48. The van der Waals surface area contributed by atoms with Gasteiger partial charge in [0.15, 0.2) is 0 Å². The number of thiophene rings is 1. The number of nitrogens with zero attached hydrogens (tertiary/aromatic N) is 1. The number of rotatable bonds is 5. The molecule has 1 aromatic rings. The number of piperazine rings is 1. The predicted octanol–water partition coefficient (Wildman–Crippen LogP) is 1.59. The summed E-state index contributed by atoms with van der Waals surface area (Å²) in [7, 11) is -3.92. The molecule has 0 saturated carbocycles. The van der Waals surface area contributed by atoms with Crippen LogP contribution in [-0.2, 0) is 10.0 Å². The van der Waals surface area contributed by atoms with Crippen LogP contribution in [0.5, 0.6) is 0 Å². The normalized spacial score (nSPS) is 18.4. The van der Waals surface area contributed by atoms with Gasteiger partial charge in [-0.25, -0.2) is 13.1 Å². The van der Waals surface area contributed by atoms with Gasteiger partial charge in [0.2, 0.25) is 10.0 Å². The molecule has 1 fully saturated rings. The van der Waals surface area contributed by atoms with Crippen molar-refractivity contribution in [3.05, 3.63) is 17.0 Å². The monoisotopic (exact) mass is 393 g/mol. The van der Waals surface area contributed by atoms with Gasteiger partial charge in [0.25, 0.3) is 0 Å². The van der Waals surface area contributed by atoms with Crippen LogP contribution in [0.1, 0.15) is 5.56 Å². The first kappa shape index (κ1) is 20.7. The van der Waals surface area contributed by atoms with Crippen LogP contribution < -0.4 is 10.0 Å². The molecular formula is C12H19ClF3N3O2S2. The highest BCUT2D eigenvalue weighted by Crippen LogP contribution is 2.26. The fourth-order valence-electron chi connectivity index (χ4n) is 2.33. The Labute approximate surface area is 143 Å². The minimum atomic E-state index is -4.48. The van der Waals surface area contributed by atoms with Crippen molar-refractivity contribution in [1.82, 2.24) is 14.9 Å². The number of hydrogen-bond acceptors (Lipinski definition) is 5. The lowest BCUT2D eigenvalue weighted by atomic mass is 10.2. The van der Waals surface area contributed by atoms with E-state index in [0.717, 1.165) is 11.3 Å². The molecule has 1 aliphatic rings. The summed E-state index contributed by atoms with van der Waals surface area (Å²) in [5.74, 6) is 0. The summed E-state index contributed by atoms with van der Waals surface area (Å²) in [6, 6.07) is -0.193. The molecule has 2 heterocycles. The summed E-state index contributed by atoms with van der Waals surface area (Å²) in [6.45, 7) is 2.34. The van der Waals surface area contributed by atoms with Gasteiger partial charge < -0.3 is 5.32 Å². The van der Waals surface area contributed by atoms with Gasteiger partial charge >= 0.3 is 6.18 Å². The van der Waals surface area contributed by atoms with E-state index in [-0.39, 0.29) is 29.7 Å². The van der Waals surface area contributed by atoms with Crippen LogP contribution in [0.25, 0.3) is 0 Å². The number of alkyl halides is 3. The lowest BCUT2D eigenvalue weighted by Gasteiger charge is -2.35. The fourth-order valence-corrected chi connectivity index (χ4v) is 4.83. The maximum atomic E-state index is 13.2. The maximum absolute atomic E-state index is 13.2. The number of hydrogen-bond donors (Lipinski definition) is 2. The highest BCUT2D eigenvalue weighted by atomic mass is 35.5. The SMILES string of the molecule is Cc1ccsc1S(=O)(=O)NCC(N1CCNCC1)C(F)(F)F.Cl. The minimum absolute atomic E-state index is 0. The lowest BCUT2D eigenvalue weighted by molar-refractivity contribution is -0.182. The molecule has 0 aromatic carbocycles. The van der Waals surface area contributed by atoms with Crippen LogP contribution in [0.4, 0.5) is 13.2 Å². The zero-order valence-corrected chi connectivity index (χ0v) is 14.8. The van der Waals surface area contributed by atoms with Crippen LogP contribution in [-0.4, -0.2) is 58.3 Å². The summed E-state index contributed by atoms with van der Waals surface area (Å²) in [5, 5.41) is 4.58. The minimum Gasteiger partial charge on any atom is -0.314 e. The molecule has 2 rings (SSSR count). The number of nitrogens with one attached hydrogen (secondary N) is 2. The number of aryl methyl sites for hydroxylation is 1. The molecule has 11 heteroatoms. The van der Waals surface area contributed by atoms with Crippen LogP contribution in [0.15, 0.2) is 15.7 Å². The van der Waals surface area contributed by atoms with Crippen molar-refractivity contribution in [2.45, 2.75) is 23.4 Å². The molecule has 0 spiro atoms. The van der Waals surface area contributed by atoms with Crippen molar-refractivity contribution >= 4 is 33.8 Å². The van der Waals surface area contributed by atoms with Crippen molar-refractivity contribution in [2.75, 3.05) is 32.7 Å². The van der Waals surface area contributed by atoms with E-state index in [1.807, 2.05) is 0 Å². The predicted molar refractivity (Wildman–Crippen MR) is 85.8 cm³/mol. The van der Waals surface area contributed by atoms with Gasteiger partial charge in [-0.2, -0.15) is 13.2 Å². The molecule has 5 nitrogen and oxygen atoms in total. The third kappa shape index (κ3) is 5.30. The van der Waals surface area contributed by atoms with Crippen molar-refractivity contribution in [2.24, 2.45) is 0 Å². The second kappa shape index (κ2) is 8.13. The Morgan fingerprint density at radius 2 is 2.00 bits per heavy atom. The van der Waals surface area contributed by atoms with Crippen molar-refractivity contribution in [3.8, 4) is 0 Å². The van der Waals surface area contributed by atoms with E-state index >= 15 is 0 Å². The molecule has 23 heavy (non-hydrogen) atoms. The van der Waals surface area contributed by atoms with Gasteiger partial charge in [0.1, 0.15) is 10.3 Å². The molecule has 0 aliphatic carbocycles. The molecule has 1 aliphatic heterocycles. The van der Waals surface area contributed by atoms with E-state index in [2.05, 4.69) is 10.0 Å². The first-order valence-corrected chi connectivity index (χ1v) is 9.13. The Bertz CT molecular complexity index is 601. The smallest absolute Gasteiger partial charge is 0.314 e. The number of halogens is 4. The van der Waals surface area contributed by atoms with Crippen LogP contribution in [0, 0.1) is 6.92 Å². The van der Waals surface area contributed by atoms with E-state index in [9.17, 15) is 21.6 Å². The summed E-state index contributed by atoms with van der Waals surface area (Å²) < 4.78 is 66.1. The highest BCUT2D eigenvalue weighted by Gasteiger charge is 2.44. The average molecular weight is 394 g/mol. The first-order chi connectivity index (χ1) is 10.2. The highest BCUT2D eigenvalue weighted by molar-refractivity contribution is 7.91. The molecular weight excluding hydrogens is 375 g/mol. The largest absolute Gasteiger partial charge is 0.405 e. The number of sulfonamides is 1. The standard InChI is InChI=1S/C12H18F3N3O2S2.ClH/c1-9-2-7-21-11(9)22(19,20)17-8-10(12(13,14)15)18-5-3-16-4-6-18;/h2,7,10,16-17H,3-6,8H2,1H3;1H. The average Bonchev–Trinajstić information content (AvgIpc) is 2.85. The molecule has 2 N–H and O–H groups in total. The second-order valence-corrected chi connectivity index (χ2v) is 7.96. The van der Waals surface area contributed by atoms with Gasteiger partial charge in [-0.1, -0.05) is 0 Å². The van der Waals surface area contributed by atoms with Crippen LogP contribution in [0.2, 0.25) is 0 Å². The molecule has 0 bridgehead atoms. The molecule has 0 radical (unpaired) electrons. The Morgan fingerprint density at radius 1 is 1.39 bits per heavy atom. The third-order valence-electron chi connectivity index (χ3n) is 3.50. The molecule has 1 atom stereocenters. The van der Waals surface area contributed by atoms with Gasteiger partial charge in [-0.05, 0) is 23.9 Å². The van der Waals surface area contributed by atoms with E-state index in [1.165, 1.54) is 4.90 Å². The summed E-state index contributed by atoms with van der Waals surface area (Å²) in [5.41, 5.74) is 0.531. The van der Waals surface area contributed by atoms with Gasteiger partial charge in [-0.15, -0.1) is 23.7 Å². The topological polar surface area (TPSA) is 61.4 Å². The van der Waals surface area contributed by atoms with Crippen molar-refractivity contribution in [1.29, 1.82) is 0 Å². The van der Waals surface area contributed by atoms with Crippen molar-refractivity contribution < 1.29 is 21.6 Å². The second-order valence-electron chi connectivity index (χ2n) is 5.09. The zero-order chi connectivity index (χ0) is 16.4. The van der Waals surface area contributed by atoms with Gasteiger partial charge in [0.05, 0.1) is 0 Å². The summed E-state index contributed by atoms with van der Waals surface area (Å²) >= 11 is 0.996. The van der Waals surface area contributed by atoms with Gasteiger partial charge in [-0.3, -0.25) is 4.90 Å². The molecule has 1 unspecified atom stereocenters. The Balaban J connectivity index is 0.00000264. The van der Waals surface area contributed by atoms with Crippen LogP contribution >= 0.6 is 23.7 Å². The molecule has 1 saturated heterocycles. The maximum Gasteiger partial charge on any atom is 0.405 e. The molecule has 1 aromatic heterocycles. The van der Waals surface area contributed by atoms with E-state index in [0.29, 0.717) is 18.7 Å². The summed E-state index contributed by atoms with van der Waals surface area (Å²) in [4.78, 5) is 1.26. The van der Waals surface area contributed by atoms with E-state index in [1.54, 1.807) is 18.4 Å². The van der Waals surface area contributed by atoms with Crippen LogP contribution in [0.3, 0.4) is 0 Å². The van der Waals surface area contributed by atoms with Crippen molar-refractivity contribution in [3.63, 3.8) is 0 Å². The first-order valence-electron chi connectivity index (χ1n) is 6.77. The lowest BCUT2D eigenvalue weighted by Crippen LogP contribution is -2.57. The molecule has 0 amide bonds. The Morgan fingerprint density at radius 3 is 2.48 bits per heavy atom. The quantitative estimate of drug-likeness (QED) is 0.797. The van der Waals surface area contributed by atoms with E-state index in [4.69, 9.17) is 0 Å². The van der Waals surface area contributed by atoms with Gasteiger partial charge in [0, 0.05) is 32.7 Å². The Kier molecular flexibility index (Phi) is 7.30. The zero-order valence-electron chi connectivity index (χ0n) is 12.4. The fraction of sp³-hybridized carbons (Fsp3) is 0.667. The van der Waals surface area contributed by atoms with E-state index < -0.39 is 28.8 Å². The third-order valence-corrected chi connectivity index (χ3v) is 6.61.